The number of hydrogen-bond donors (Lipinski definition) is 6. The summed E-state index contributed by atoms with van der Waals surface area (Å²) in [5, 5.41) is 51.7. The molecule has 26 heavy (non-hydrogen) atoms. The smallest absolute Gasteiger partial charge is 0.249 e. The first-order valence-corrected chi connectivity index (χ1v) is 9.80. The Labute approximate surface area is 154 Å². The maximum absolute atomic E-state index is 12.0. The highest BCUT2D eigenvalue weighted by atomic mass is 16.4. The molecule has 1 aliphatic carbocycles. The van der Waals surface area contributed by atoms with Gasteiger partial charge in [0.15, 0.2) is 0 Å². The number of carbonyl (C=O) groups excluding carboxylic acids is 1. The summed E-state index contributed by atoms with van der Waals surface area (Å²) in [4.78, 5) is 13.8. The lowest BCUT2D eigenvalue weighted by atomic mass is 9.85. The van der Waals surface area contributed by atoms with Gasteiger partial charge in [-0.2, -0.15) is 0 Å². The molecule has 8 heteroatoms. The van der Waals surface area contributed by atoms with E-state index in [1.54, 1.807) is 4.90 Å². The van der Waals surface area contributed by atoms with E-state index < -0.39 is 30.5 Å². The minimum Gasteiger partial charge on any atom is -0.395 e. The number of nitrogens with one attached hydrogen (secondary N) is 1. The van der Waals surface area contributed by atoms with Gasteiger partial charge in [0.05, 0.1) is 18.8 Å². The Morgan fingerprint density at radius 2 is 1.77 bits per heavy atom. The molecule has 0 aromatic carbocycles. The predicted octanol–water partition coefficient (Wildman–Crippen LogP) is -1.42. The van der Waals surface area contributed by atoms with Gasteiger partial charge in [-0.15, -0.1) is 0 Å². The Balaban J connectivity index is 1.65. The van der Waals surface area contributed by atoms with Crippen LogP contribution in [0.4, 0.5) is 0 Å². The Morgan fingerprint density at radius 1 is 1.08 bits per heavy atom. The largest absolute Gasteiger partial charge is 0.395 e. The first kappa shape index (κ1) is 21.5. The highest BCUT2D eigenvalue weighted by molar-refractivity contribution is 5.80. The van der Waals surface area contributed by atoms with E-state index in [-0.39, 0.29) is 25.0 Å². The van der Waals surface area contributed by atoms with E-state index in [1.807, 2.05) is 0 Å². The lowest BCUT2D eigenvalue weighted by molar-refractivity contribution is -0.145. The molecule has 0 unspecified atom stereocenters. The predicted molar refractivity (Wildman–Crippen MR) is 95.3 cm³/mol. The highest BCUT2D eigenvalue weighted by Crippen LogP contribution is 2.26. The minimum atomic E-state index is -1.25. The SMILES string of the molecule is O=C(NCCCCN1C[C@H](O)[C@@H](O)[C@H](O)[C@H]1CO)[C@H](O)C1CCCCC1. The van der Waals surface area contributed by atoms with Crippen LogP contribution in [0.25, 0.3) is 0 Å². The molecule has 0 aromatic heterocycles. The van der Waals surface area contributed by atoms with E-state index in [0.29, 0.717) is 25.9 Å². The first-order valence-electron chi connectivity index (χ1n) is 9.80. The van der Waals surface area contributed by atoms with E-state index in [2.05, 4.69) is 5.32 Å². The molecular weight excluding hydrogens is 340 g/mol. The fourth-order valence-corrected chi connectivity index (χ4v) is 4.06. The zero-order valence-electron chi connectivity index (χ0n) is 15.3. The lowest BCUT2D eigenvalue weighted by Crippen LogP contribution is -2.62. The van der Waals surface area contributed by atoms with Crippen molar-refractivity contribution in [1.82, 2.24) is 10.2 Å². The Kier molecular flexibility index (Phi) is 8.72. The van der Waals surface area contributed by atoms with Crippen molar-refractivity contribution < 1.29 is 30.3 Å². The number of hydrogen-bond acceptors (Lipinski definition) is 7. The highest BCUT2D eigenvalue weighted by Gasteiger charge is 2.40. The van der Waals surface area contributed by atoms with E-state index in [1.165, 1.54) is 6.42 Å². The molecule has 8 nitrogen and oxygen atoms in total. The summed E-state index contributed by atoms with van der Waals surface area (Å²) < 4.78 is 0. The number of rotatable bonds is 8. The van der Waals surface area contributed by atoms with Crippen LogP contribution in [0.3, 0.4) is 0 Å². The number of likely N-dealkylation sites (tertiary alicyclic amines) is 1. The van der Waals surface area contributed by atoms with Crippen molar-refractivity contribution in [2.75, 3.05) is 26.2 Å². The van der Waals surface area contributed by atoms with Gasteiger partial charge >= 0.3 is 0 Å². The molecule has 0 aromatic rings. The molecule has 1 heterocycles. The molecule has 0 radical (unpaired) electrons. The van der Waals surface area contributed by atoms with Gasteiger partial charge in [0.1, 0.15) is 18.3 Å². The van der Waals surface area contributed by atoms with Gasteiger partial charge in [-0.25, -0.2) is 0 Å². The van der Waals surface area contributed by atoms with Crippen LogP contribution in [0.5, 0.6) is 0 Å². The molecule has 1 amide bonds. The van der Waals surface area contributed by atoms with Crippen molar-refractivity contribution in [3.63, 3.8) is 0 Å². The van der Waals surface area contributed by atoms with Gasteiger partial charge in [-0.1, -0.05) is 19.3 Å². The normalized spacial score (nSPS) is 32.3. The van der Waals surface area contributed by atoms with Gasteiger partial charge in [-0.05, 0) is 38.1 Å². The maximum atomic E-state index is 12.0. The Bertz CT molecular complexity index is 432. The van der Waals surface area contributed by atoms with Crippen molar-refractivity contribution in [1.29, 1.82) is 0 Å². The van der Waals surface area contributed by atoms with Crippen molar-refractivity contribution in [3.05, 3.63) is 0 Å². The third-order valence-corrected chi connectivity index (χ3v) is 5.75. The summed E-state index contributed by atoms with van der Waals surface area (Å²) in [6.07, 6.45) is 2.12. The molecule has 2 aliphatic rings. The number of piperidine rings is 1. The monoisotopic (exact) mass is 374 g/mol. The first-order chi connectivity index (χ1) is 12.5. The number of aliphatic hydroxyl groups is 5. The molecule has 152 valence electrons. The Morgan fingerprint density at radius 3 is 2.42 bits per heavy atom. The number of nitrogens with zero attached hydrogens (tertiary/aromatic N) is 1. The second-order valence-electron chi connectivity index (χ2n) is 7.63. The third-order valence-electron chi connectivity index (χ3n) is 5.75. The summed E-state index contributed by atoms with van der Waals surface area (Å²) in [6, 6.07) is -0.601. The van der Waals surface area contributed by atoms with Crippen LogP contribution in [0.1, 0.15) is 44.9 Å². The van der Waals surface area contributed by atoms with Crippen LogP contribution in [0.2, 0.25) is 0 Å². The fourth-order valence-electron chi connectivity index (χ4n) is 4.06. The summed E-state index contributed by atoms with van der Waals surface area (Å²) in [6.45, 7) is 0.882. The van der Waals surface area contributed by atoms with Crippen molar-refractivity contribution in [2.24, 2.45) is 5.92 Å². The van der Waals surface area contributed by atoms with Crippen molar-refractivity contribution >= 4 is 5.91 Å². The van der Waals surface area contributed by atoms with Crippen LogP contribution >= 0.6 is 0 Å². The average molecular weight is 374 g/mol. The number of β-amino-alcohol motifs (C(OH)–C–C–N with tert-alkyl or cyclic N) is 1. The number of aliphatic hydroxyl groups excluding tert-OH is 5. The third kappa shape index (κ3) is 5.61. The molecule has 1 aliphatic heterocycles. The van der Waals surface area contributed by atoms with Crippen LogP contribution in [-0.2, 0) is 4.79 Å². The molecule has 1 saturated heterocycles. The molecule has 1 saturated carbocycles. The fraction of sp³-hybridized carbons (Fsp3) is 0.944. The minimum absolute atomic E-state index is 0.0665. The number of amides is 1. The summed E-state index contributed by atoms with van der Waals surface area (Å²) in [5.41, 5.74) is 0. The lowest BCUT2D eigenvalue weighted by Gasteiger charge is -2.43. The molecule has 0 bridgehead atoms. The van der Waals surface area contributed by atoms with Crippen LogP contribution in [-0.4, -0.2) is 93.0 Å². The van der Waals surface area contributed by atoms with Crippen LogP contribution in [0, 0.1) is 5.92 Å². The van der Waals surface area contributed by atoms with E-state index in [9.17, 15) is 30.3 Å². The molecule has 2 rings (SSSR count). The summed E-state index contributed by atoms with van der Waals surface area (Å²) in [7, 11) is 0. The number of unbranched alkanes of at least 4 members (excludes halogenated alkanes) is 1. The Hall–Kier alpha value is -0.770. The van der Waals surface area contributed by atoms with E-state index in [4.69, 9.17) is 0 Å². The molecule has 6 N–H and O–H groups in total. The van der Waals surface area contributed by atoms with Crippen molar-refractivity contribution in [2.45, 2.75) is 75.4 Å². The van der Waals surface area contributed by atoms with Gasteiger partial charge in [0, 0.05) is 13.1 Å². The maximum Gasteiger partial charge on any atom is 0.249 e. The molecule has 5 atom stereocenters. The van der Waals surface area contributed by atoms with Gasteiger partial charge in [0.25, 0.3) is 0 Å². The van der Waals surface area contributed by atoms with Crippen LogP contribution < -0.4 is 5.32 Å². The molecule has 0 spiro atoms. The summed E-state index contributed by atoms with van der Waals surface area (Å²) in [5.74, 6) is -0.242. The van der Waals surface area contributed by atoms with Gasteiger partial charge in [0.2, 0.25) is 5.91 Å². The average Bonchev–Trinajstić information content (AvgIpc) is 2.66. The standard InChI is InChI=1S/C18H34N2O6/c21-11-13-16(24)17(25)14(22)10-20(13)9-5-4-8-19-18(26)15(23)12-6-2-1-3-7-12/h12-17,21-25H,1-11H2,(H,19,26)/t13-,14+,15-,16-,17-/m1/s1. The number of carbonyl (C=O) groups is 1. The molecule has 2 fully saturated rings. The zero-order valence-corrected chi connectivity index (χ0v) is 15.3. The van der Waals surface area contributed by atoms with Gasteiger partial charge < -0.3 is 30.8 Å². The van der Waals surface area contributed by atoms with Crippen LogP contribution in [0.15, 0.2) is 0 Å². The zero-order chi connectivity index (χ0) is 19.1. The van der Waals surface area contributed by atoms with Gasteiger partial charge in [-0.3, -0.25) is 9.69 Å². The second-order valence-corrected chi connectivity index (χ2v) is 7.63. The van der Waals surface area contributed by atoms with Crippen molar-refractivity contribution in [3.8, 4) is 0 Å². The topological polar surface area (TPSA) is 133 Å². The summed E-state index contributed by atoms with van der Waals surface area (Å²) >= 11 is 0. The van der Waals surface area contributed by atoms with E-state index >= 15 is 0 Å². The van der Waals surface area contributed by atoms with E-state index in [0.717, 1.165) is 25.7 Å². The second kappa shape index (κ2) is 10.5. The molecular formula is C18H34N2O6. The quantitative estimate of drug-likeness (QED) is 0.287.